The molecule has 0 amide bonds. The molecule has 0 heterocycles. The quantitative estimate of drug-likeness (QED) is 0.125. The fourth-order valence-electron chi connectivity index (χ4n) is 5.65. The van der Waals surface area contributed by atoms with Crippen molar-refractivity contribution in [1.29, 1.82) is 0 Å². The van der Waals surface area contributed by atoms with Gasteiger partial charge in [0.15, 0.2) is 0 Å². The molecular formula is C33H50N2O8S. The molecule has 0 spiro atoms. The molecule has 246 valence electrons. The zero-order valence-electron chi connectivity index (χ0n) is 25.7. The number of hydrogen-bond acceptors (Lipinski definition) is 8. The number of aliphatic carboxylic acids is 1. The average Bonchev–Trinajstić information content (AvgIpc) is 3.02. The van der Waals surface area contributed by atoms with Crippen LogP contribution in [0.15, 0.2) is 47.4 Å². The second kappa shape index (κ2) is 19.1. The van der Waals surface area contributed by atoms with Crippen molar-refractivity contribution in [2.45, 2.75) is 101 Å². The number of aliphatic hydroxyl groups is 2. The summed E-state index contributed by atoms with van der Waals surface area (Å²) in [5.41, 5.74) is 1.98. The number of phenols is 1. The van der Waals surface area contributed by atoms with Crippen LogP contribution in [-0.2, 0) is 32.6 Å². The summed E-state index contributed by atoms with van der Waals surface area (Å²) in [5, 5.41) is 41.8. The Labute approximate surface area is 262 Å². The number of nitrogens with zero attached hydrogens (tertiary/aromatic N) is 1. The molecule has 3 rings (SSSR count). The number of hydrogen-bond donors (Lipinski definition) is 5. The van der Waals surface area contributed by atoms with Gasteiger partial charge < -0.3 is 30.5 Å². The van der Waals surface area contributed by atoms with Gasteiger partial charge in [-0.2, -0.15) is 4.31 Å². The number of ether oxygens (including phenoxy) is 1. The Morgan fingerprint density at radius 1 is 0.977 bits per heavy atom. The van der Waals surface area contributed by atoms with Gasteiger partial charge in [-0.3, -0.25) is 4.79 Å². The molecule has 1 aliphatic rings. The number of carboxylic acid groups (broad SMARTS) is 1. The van der Waals surface area contributed by atoms with E-state index in [4.69, 9.17) is 4.74 Å². The van der Waals surface area contributed by atoms with E-state index < -0.39 is 28.6 Å². The first-order valence-electron chi connectivity index (χ1n) is 15.9. The number of sulfonamides is 1. The maximum Gasteiger partial charge on any atom is 0.318 e. The van der Waals surface area contributed by atoms with Crippen LogP contribution in [0.5, 0.6) is 5.75 Å². The lowest BCUT2D eigenvalue weighted by Crippen LogP contribution is -2.44. The summed E-state index contributed by atoms with van der Waals surface area (Å²) in [6.45, 7) is 1.77. The summed E-state index contributed by atoms with van der Waals surface area (Å²) in [7, 11) is -3.90. The third-order valence-corrected chi connectivity index (χ3v) is 10.1. The van der Waals surface area contributed by atoms with Crippen molar-refractivity contribution in [1.82, 2.24) is 9.62 Å². The number of nitrogens with one attached hydrogen (secondary N) is 1. The van der Waals surface area contributed by atoms with Crippen molar-refractivity contribution in [3.05, 3.63) is 59.2 Å². The van der Waals surface area contributed by atoms with E-state index in [1.165, 1.54) is 10.4 Å². The van der Waals surface area contributed by atoms with Crippen LogP contribution < -0.4 is 5.32 Å². The zero-order valence-corrected chi connectivity index (χ0v) is 26.5. The molecule has 44 heavy (non-hydrogen) atoms. The molecule has 0 radical (unpaired) electrons. The van der Waals surface area contributed by atoms with Crippen molar-refractivity contribution < 1.29 is 38.4 Å². The van der Waals surface area contributed by atoms with E-state index in [1.54, 1.807) is 30.3 Å². The van der Waals surface area contributed by atoms with Crippen LogP contribution in [0.4, 0.5) is 0 Å². The molecule has 11 heteroatoms. The number of aliphatic hydroxyl groups excluding tert-OH is 2. The van der Waals surface area contributed by atoms with Gasteiger partial charge >= 0.3 is 5.97 Å². The van der Waals surface area contributed by atoms with Gasteiger partial charge in [-0.15, -0.1) is 0 Å². The predicted molar refractivity (Wildman–Crippen MR) is 169 cm³/mol. The molecular weight excluding hydrogens is 584 g/mol. The van der Waals surface area contributed by atoms with Crippen molar-refractivity contribution in [3.63, 3.8) is 0 Å². The summed E-state index contributed by atoms with van der Waals surface area (Å²) in [5.74, 6) is -1.11. The number of aromatic hydroxyl groups is 1. The summed E-state index contributed by atoms with van der Waals surface area (Å²) in [6.07, 6.45) is 10.1. The number of aryl methyl sites for hydroxylation is 1. The number of carboxylic acids is 1. The molecule has 0 aliphatic heterocycles. The van der Waals surface area contributed by atoms with Crippen LogP contribution >= 0.6 is 0 Å². The molecule has 1 aliphatic carbocycles. The van der Waals surface area contributed by atoms with E-state index in [0.717, 1.165) is 76.3 Å². The number of rotatable bonds is 21. The van der Waals surface area contributed by atoms with Crippen molar-refractivity contribution >= 4 is 16.0 Å². The molecule has 10 nitrogen and oxygen atoms in total. The topological polar surface area (TPSA) is 157 Å². The highest BCUT2D eigenvalue weighted by atomic mass is 32.2. The lowest BCUT2D eigenvalue weighted by molar-refractivity contribution is -0.137. The minimum absolute atomic E-state index is 0.0226. The Morgan fingerprint density at radius 3 is 2.43 bits per heavy atom. The summed E-state index contributed by atoms with van der Waals surface area (Å²) < 4.78 is 33.8. The SMILES string of the molecule is O=C(O)CN(C1CCCCC1)S(=O)(=O)c1cccc(CCCCOCCCCCCNC[C@H](O)c2ccc(O)c(CO)c2)c1. The Kier molecular flexibility index (Phi) is 15.6. The Morgan fingerprint density at radius 2 is 1.70 bits per heavy atom. The number of benzene rings is 2. The van der Waals surface area contributed by atoms with Gasteiger partial charge in [0.25, 0.3) is 0 Å². The van der Waals surface area contributed by atoms with E-state index in [9.17, 15) is 33.6 Å². The predicted octanol–water partition coefficient (Wildman–Crippen LogP) is 4.52. The van der Waals surface area contributed by atoms with Crippen LogP contribution in [0.3, 0.4) is 0 Å². The lowest BCUT2D eigenvalue weighted by atomic mass is 9.95. The average molecular weight is 635 g/mol. The molecule has 1 fully saturated rings. The summed E-state index contributed by atoms with van der Waals surface area (Å²) >= 11 is 0. The van der Waals surface area contributed by atoms with Gasteiger partial charge in [0.05, 0.1) is 17.6 Å². The molecule has 0 aromatic heterocycles. The molecule has 1 saturated carbocycles. The second-order valence-corrected chi connectivity index (χ2v) is 13.5. The van der Waals surface area contributed by atoms with Gasteiger partial charge in [-0.05, 0) is 86.9 Å². The Bertz CT molecular complexity index is 1250. The first kappa shape index (κ1) is 35.9. The smallest absolute Gasteiger partial charge is 0.318 e. The molecule has 1 atom stereocenters. The highest BCUT2D eigenvalue weighted by molar-refractivity contribution is 7.89. The lowest BCUT2D eigenvalue weighted by Gasteiger charge is -2.32. The summed E-state index contributed by atoms with van der Waals surface area (Å²) in [6, 6.07) is 11.4. The van der Waals surface area contributed by atoms with E-state index in [2.05, 4.69) is 5.32 Å². The van der Waals surface area contributed by atoms with Crippen molar-refractivity contribution in [3.8, 4) is 5.75 Å². The van der Waals surface area contributed by atoms with Gasteiger partial charge in [0, 0.05) is 31.4 Å². The van der Waals surface area contributed by atoms with Crippen LogP contribution in [0.1, 0.15) is 93.4 Å². The first-order chi connectivity index (χ1) is 21.2. The number of unbranched alkanes of at least 4 members (excludes halogenated alkanes) is 4. The zero-order chi connectivity index (χ0) is 31.8. The summed E-state index contributed by atoms with van der Waals surface area (Å²) in [4.78, 5) is 11.6. The second-order valence-electron chi connectivity index (χ2n) is 11.6. The van der Waals surface area contributed by atoms with Gasteiger partial charge in [-0.1, -0.05) is 50.3 Å². The Balaban J connectivity index is 1.26. The maximum atomic E-state index is 13.4. The monoisotopic (exact) mass is 634 g/mol. The first-order valence-corrected chi connectivity index (χ1v) is 17.4. The molecule has 5 N–H and O–H groups in total. The van der Waals surface area contributed by atoms with Crippen LogP contribution in [0.2, 0.25) is 0 Å². The fraction of sp³-hybridized carbons (Fsp3) is 0.606. The minimum atomic E-state index is -3.90. The van der Waals surface area contributed by atoms with E-state index in [-0.39, 0.29) is 23.3 Å². The molecule has 2 aromatic carbocycles. The van der Waals surface area contributed by atoms with Crippen molar-refractivity contribution in [2.24, 2.45) is 0 Å². The molecule has 0 unspecified atom stereocenters. The highest BCUT2D eigenvalue weighted by Crippen LogP contribution is 2.28. The van der Waals surface area contributed by atoms with Crippen LogP contribution in [-0.4, -0.2) is 78.0 Å². The van der Waals surface area contributed by atoms with Gasteiger partial charge in [-0.25, -0.2) is 8.42 Å². The largest absolute Gasteiger partial charge is 0.508 e. The van der Waals surface area contributed by atoms with E-state index in [1.807, 2.05) is 6.07 Å². The minimum Gasteiger partial charge on any atom is -0.508 e. The Hall–Kier alpha value is -2.54. The normalized spacial score (nSPS) is 15.1. The van der Waals surface area contributed by atoms with Gasteiger partial charge in [0.1, 0.15) is 12.3 Å². The van der Waals surface area contributed by atoms with Crippen molar-refractivity contribution in [2.75, 3.05) is 32.8 Å². The van der Waals surface area contributed by atoms with E-state index >= 15 is 0 Å². The fourth-order valence-corrected chi connectivity index (χ4v) is 7.35. The third-order valence-electron chi connectivity index (χ3n) is 8.17. The number of carbonyl (C=O) groups is 1. The van der Waals surface area contributed by atoms with Crippen LogP contribution in [0.25, 0.3) is 0 Å². The van der Waals surface area contributed by atoms with Crippen LogP contribution in [0, 0.1) is 0 Å². The third kappa shape index (κ3) is 11.8. The maximum absolute atomic E-state index is 13.4. The standard InChI is InChI=1S/C33H50N2O8S/c36-25-28-22-27(16-17-31(28)37)32(38)23-34-18-7-1-2-8-19-43-20-9-6-11-26-12-10-15-30(21-26)44(41,42)35(24-33(39)40)29-13-4-3-5-14-29/h10,12,15-17,21-22,29,32,34,36-38H,1-9,11,13-14,18-20,23-25H2,(H,39,40)/t32-/m0/s1. The highest BCUT2D eigenvalue weighted by Gasteiger charge is 2.34. The van der Waals surface area contributed by atoms with E-state index in [0.29, 0.717) is 43.7 Å². The molecule has 0 saturated heterocycles. The molecule has 2 aromatic rings. The molecule has 0 bridgehead atoms. The van der Waals surface area contributed by atoms with Gasteiger partial charge in [0.2, 0.25) is 10.0 Å².